The molecule has 2 N–H and O–H groups in total. The van der Waals surface area contributed by atoms with Gasteiger partial charge in [-0.3, -0.25) is 4.79 Å². The smallest absolute Gasteiger partial charge is 0.440 e. The molecule has 0 heterocycles. The lowest BCUT2D eigenvalue weighted by Gasteiger charge is -2.25. The number of para-hydroxylation sites is 2. The minimum absolute atomic E-state index is 0.000557. The molecule has 0 spiro atoms. The summed E-state index contributed by atoms with van der Waals surface area (Å²) < 4.78 is 93.8. The van der Waals surface area contributed by atoms with Crippen molar-refractivity contribution in [2.75, 3.05) is 6.61 Å². The minimum atomic E-state index is -4.85. The maximum absolute atomic E-state index is 13.9. The van der Waals surface area contributed by atoms with Crippen molar-refractivity contribution in [1.82, 2.24) is 5.09 Å². The Bertz CT molecular complexity index is 1040. The first-order valence-electron chi connectivity index (χ1n) is 8.74. The average Bonchev–Trinajstić information content (AvgIpc) is 2.72. The van der Waals surface area contributed by atoms with E-state index in [1.807, 2.05) is 5.09 Å². The van der Waals surface area contributed by atoms with Crippen molar-refractivity contribution in [2.24, 2.45) is 0 Å². The van der Waals surface area contributed by atoms with Crippen LogP contribution in [0.4, 0.5) is 22.0 Å². The fourth-order valence-electron chi connectivity index (χ4n) is 2.21. The summed E-state index contributed by atoms with van der Waals surface area (Å²) in [6.07, 6.45) is 0. The van der Waals surface area contributed by atoms with Crippen LogP contribution in [0, 0.1) is 29.1 Å². The van der Waals surface area contributed by atoms with Crippen LogP contribution in [0.1, 0.15) is 20.8 Å². The number of hydrogen-bond donors (Lipinski definition) is 2. The normalized spacial score (nSPS) is 13.4. The number of rotatable bonds is 9. The molecule has 2 aromatic carbocycles. The number of carbonyl (C=O) groups excluding carboxylic acids is 1. The number of ether oxygens (including phenoxy) is 2. The molecule has 0 saturated heterocycles. The summed E-state index contributed by atoms with van der Waals surface area (Å²) in [7, 11) is -4.85. The van der Waals surface area contributed by atoms with Crippen LogP contribution in [0.25, 0.3) is 0 Å². The van der Waals surface area contributed by atoms with E-state index in [-0.39, 0.29) is 6.61 Å². The highest BCUT2D eigenvalue weighted by molar-refractivity contribution is 7.50. The summed E-state index contributed by atoms with van der Waals surface area (Å²) in [5.41, 5.74) is -1.69. The Morgan fingerprint density at radius 2 is 1.50 bits per heavy atom. The Hall–Kier alpha value is -2.73. The van der Waals surface area contributed by atoms with Crippen molar-refractivity contribution in [2.45, 2.75) is 26.3 Å². The summed E-state index contributed by atoms with van der Waals surface area (Å²) in [4.78, 5) is 26.4. The first-order chi connectivity index (χ1) is 14.8. The molecule has 8 nitrogen and oxygen atoms in total. The second kappa shape index (κ2) is 9.82. The highest BCUT2D eigenvalue weighted by Gasteiger charge is 2.38. The lowest BCUT2D eigenvalue weighted by atomic mass is 10.1. The minimum Gasteiger partial charge on any atom is -0.465 e. The molecule has 1 atom stereocenters. The van der Waals surface area contributed by atoms with Crippen molar-refractivity contribution < 1.29 is 55.2 Å². The van der Waals surface area contributed by atoms with Gasteiger partial charge in [0.05, 0.1) is 6.61 Å². The Labute approximate surface area is 178 Å². The van der Waals surface area contributed by atoms with Crippen LogP contribution in [0.5, 0.6) is 17.2 Å². The van der Waals surface area contributed by atoms with Gasteiger partial charge in [-0.15, -0.1) is 0 Å². The SMILES string of the molecule is CCOC(=O)C(C)(C)NP(=O)(O)OOc1ccccc1Oc1c(F)c(F)c(F)c(F)c1F. The molecule has 0 saturated carbocycles. The summed E-state index contributed by atoms with van der Waals surface area (Å²) in [6, 6.07) is 4.56. The van der Waals surface area contributed by atoms with Crippen LogP contribution >= 0.6 is 7.75 Å². The monoisotopic (exact) mass is 485 g/mol. The molecule has 0 amide bonds. The van der Waals surface area contributed by atoms with Crippen LogP contribution in [0.2, 0.25) is 0 Å². The molecule has 14 heteroatoms. The van der Waals surface area contributed by atoms with Crippen molar-refractivity contribution in [1.29, 1.82) is 0 Å². The second-order valence-electron chi connectivity index (χ2n) is 6.58. The Balaban J connectivity index is 2.24. The lowest BCUT2D eigenvalue weighted by molar-refractivity contribution is -0.150. The van der Waals surface area contributed by atoms with E-state index in [0.717, 1.165) is 12.1 Å². The standard InChI is InChI=1S/C18H17F5NO7P/c1-4-28-17(25)18(2,3)24-32(26,27)31-30-10-8-6-5-7-9(10)29-16-14(22)12(20)11(19)13(21)15(16)23/h5-8H,4H2,1-3H3,(H2,24,26,27). The zero-order chi connectivity index (χ0) is 24.3. The van der Waals surface area contributed by atoms with Crippen LogP contribution in [0.3, 0.4) is 0 Å². The fraction of sp³-hybridized carbons (Fsp3) is 0.278. The molecule has 2 rings (SSSR count). The highest BCUT2D eigenvalue weighted by atomic mass is 31.2. The van der Waals surface area contributed by atoms with Crippen molar-refractivity contribution in [3.8, 4) is 17.2 Å². The third kappa shape index (κ3) is 5.74. The van der Waals surface area contributed by atoms with Gasteiger partial charge in [-0.1, -0.05) is 16.8 Å². The maximum atomic E-state index is 13.9. The number of halogens is 5. The predicted octanol–water partition coefficient (Wildman–Crippen LogP) is 4.52. The van der Waals surface area contributed by atoms with E-state index in [1.54, 1.807) is 0 Å². The van der Waals surface area contributed by atoms with E-state index in [4.69, 9.17) is 9.47 Å². The molecule has 1 unspecified atom stereocenters. The quantitative estimate of drug-likeness (QED) is 0.102. The number of carbonyl (C=O) groups is 1. The highest BCUT2D eigenvalue weighted by Crippen LogP contribution is 2.43. The Morgan fingerprint density at radius 1 is 1.00 bits per heavy atom. The molecular formula is C18H17F5NO7P. The van der Waals surface area contributed by atoms with E-state index < -0.39 is 65.6 Å². The van der Waals surface area contributed by atoms with Gasteiger partial charge in [0, 0.05) is 0 Å². The molecule has 176 valence electrons. The summed E-state index contributed by atoms with van der Waals surface area (Å²) in [6.45, 7) is 3.96. The van der Waals surface area contributed by atoms with Crippen LogP contribution in [0.15, 0.2) is 24.3 Å². The van der Waals surface area contributed by atoms with Crippen LogP contribution in [-0.4, -0.2) is 23.0 Å². The maximum Gasteiger partial charge on any atom is 0.440 e. The first-order valence-corrected chi connectivity index (χ1v) is 10.3. The number of benzene rings is 2. The topological polar surface area (TPSA) is 103 Å². The number of nitrogens with one attached hydrogen (secondary N) is 1. The van der Waals surface area contributed by atoms with Gasteiger partial charge in [0.2, 0.25) is 40.6 Å². The molecule has 32 heavy (non-hydrogen) atoms. The lowest BCUT2D eigenvalue weighted by Crippen LogP contribution is -2.46. The van der Waals surface area contributed by atoms with Gasteiger partial charge in [0.1, 0.15) is 5.54 Å². The van der Waals surface area contributed by atoms with Gasteiger partial charge in [0.15, 0.2) is 5.75 Å². The fourth-order valence-corrected chi connectivity index (χ4v) is 3.22. The van der Waals surface area contributed by atoms with E-state index >= 15 is 0 Å². The second-order valence-corrected chi connectivity index (χ2v) is 8.00. The van der Waals surface area contributed by atoms with E-state index in [9.17, 15) is 36.2 Å². The van der Waals surface area contributed by atoms with Crippen molar-refractivity contribution >= 4 is 13.7 Å². The third-order valence-corrected chi connectivity index (χ3v) is 4.78. The first kappa shape index (κ1) is 25.5. The molecule has 0 bridgehead atoms. The Morgan fingerprint density at radius 3 is 2.03 bits per heavy atom. The third-order valence-electron chi connectivity index (χ3n) is 3.67. The van der Waals surface area contributed by atoms with Crippen LogP contribution in [-0.2, 0) is 18.8 Å². The molecule has 0 aliphatic carbocycles. The van der Waals surface area contributed by atoms with Gasteiger partial charge < -0.3 is 19.3 Å². The Kier molecular flexibility index (Phi) is 7.83. The van der Waals surface area contributed by atoms with Crippen molar-refractivity contribution in [3.05, 3.63) is 53.4 Å². The largest absolute Gasteiger partial charge is 0.465 e. The number of esters is 1. The molecule has 0 aliphatic heterocycles. The van der Waals surface area contributed by atoms with Gasteiger partial charge in [-0.2, -0.15) is 8.78 Å². The van der Waals surface area contributed by atoms with Gasteiger partial charge in [-0.25, -0.2) is 22.8 Å². The van der Waals surface area contributed by atoms with Crippen molar-refractivity contribution in [3.63, 3.8) is 0 Å². The van der Waals surface area contributed by atoms with E-state index in [1.165, 1.54) is 32.9 Å². The summed E-state index contributed by atoms with van der Waals surface area (Å²) in [5.74, 6) is -15.1. The van der Waals surface area contributed by atoms with E-state index in [0.29, 0.717) is 0 Å². The zero-order valence-corrected chi connectivity index (χ0v) is 17.6. The average molecular weight is 485 g/mol. The predicted molar refractivity (Wildman–Crippen MR) is 98.1 cm³/mol. The summed E-state index contributed by atoms with van der Waals surface area (Å²) in [5, 5.41) is 1.98. The molecule has 0 fully saturated rings. The number of hydrogen-bond acceptors (Lipinski definition) is 6. The molecular weight excluding hydrogens is 468 g/mol. The molecule has 0 aliphatic rings. The zero-order valence-electron chi connectivity index (χ0n) is 16.8. The van der Waals surface area contributed by atoms with Gasteiger partial charge in [-0.05, 0) is 32.9 Å². The van der Waals surface area contributed by atoms with E-state index in [2.05, 4.69) is 9.56 Å². The van der Waals surface area contributed by atoms with Gasteiger partial charge >= 0.3 is 13.7 Å². The molecule has 0 aromatic heterocycles. The molecule has 2 aromatic rings. The summed E-state index contributed by atoms with van der Waals surface area (Å²) >= 11 is 0. The molecule has 0 radical (unpaired) electrons. The van der Waals surface area contributed by atoms with Gasteiger partial charge in [0.25, 0.3) is 0 Å². The van der Waals surface area contributed by atoms with Crippen LogP contribution < -0.4 is 14.7 Å².